The van der Waals surface area contributed by atoms with E-state index in [9.17, 15) is 14.0 Å². The average Bonchev–Trinajstić information content (AvgIpc) is 2.53. The Labute approximate surface area is 148 Å². The topological polar surface area (TPSA) is 58.2 Å². The van der Waals surface area contributed by atoms with Crippen LogP contribution in [0.5, 0.6) is 0 Å². The van der Waals surface area contributed by atoms with Crippen LogP contribution in [0.4, 0.5) is 4.39 Å². The summed E-state index contributed by atoms with van der Waals surface area (Å²) >= 11 is 3.17. The number of hydrogen-bond donors (Lipinski definition) is 2. The van der Waals surface area contributed by atoms with Gasteiger partial charge in [-0.05, 0) is 57.2 Å². The number of hydrogen-bond acceptors (Lipinski definition) is 2. The molecule has 0 atom stereocenters. The van der Waals surface area contributed by atoms with E-state index in [-0.39, 0.29) is 11.0 Å². The number of amides is 2. The molecule has 0 bridgehead atoms. The molecule has 4 nitrogen and oxygen atoms in total. The summed E-state index contributed by atoms with van der Waals surface area (Å²) in [6.45, 7) is 6.25. The van der Waals surface area contributed by atoms with Crippen LogP contribution < -0.4 is 10.9 Å². The third-order valence-electron chi connectivity index (χ3n) is 3.48. The van der Waals surface area contributed by atoms with Crippen LogP contribution in [0.1, 0.15) is 47.1 Å². The standard InChI is InChI=1S/C18H18BrFN2O2/c1-18(2,3)12-6-4-11(5-7-12)16(23)21-22-17(24)14-10-13(20)8-9-15(14)19/h4-10H,1-3H3,(H,21,23)(H,22,24). The Kier molecular flexibility index (Phi) is 5.39. The van der Waals surface area contributed by atoms with Gasteiger partial charge in [-0.25, -0.2) is 4.39 Å². The van der Waals surface area contributed by atoms with E-state index in [1.165, 1.54) is 12.1 Å². The lowest BCUT2D eigenvalue weighted by molar-refractivity contribution is 0.0846. The molecule has 24 heavy (non-hydrogen) atoms. The molecular weight excluding hydrogens is 375 g/mol. The molecule has 0 spiro atoms. The summed E-state index contributed by atoms with van der Waals surface area (Å²) in [5.74, 6) is -1.59. The van der Waals surface area contributed by atoms with E-state index < -0.39 is 17.6 Å². The minimum Gasteiger partial charge on any atom is -0.267 e. The summed E-state index contributed by atoms with van der Waals surface area (Å²) in [6, 6.07) is 10.9. The molecule has 2 amide bonds. The van der Waals surface area contributed by atoms with Crippen LogP contribution in [0.15, 0.2) is 46.9 Å². The largest absolute Gasteiger partial charge is 0.270 e. The van der Waals surface area contributed by atoms with Gasteiger partial charge in [0.05, 0.1) is 5.56 Å². The van der Waals surface area contributed by atoms with E-state index >= 15 is 0 Å². The van der Waals surface area contributed by atoms with Crippen molar-refractivity contribution in [3.05, 3.63) is 69.4 Å². The molecule has 0 aliphatic rings. The van der Waals surface area contributed by atoms with E-state index in [1.54, 1.807) is 12.1 Å². The molecule has 6 heteroatoms. The molecule has 126 valence electrons. The zero-order valence-electron chi connectivity index (χ0n) is 13.6. The number of halogens is 2. The number of hydrazine groups is 1. The molecule has 2 aromatic carbocycles. The molecule has 0 saturated carbocycles. The summed E-state index contributed by atoms with van der Waals surface area (Å²) < 4.78 is 13.7. The fourth-order valence-corrected chi connectivity index (χ4v) is 2.47. The highest BCUT2D eigenvalue weighted by Crippen LogP contribution is 2.22. The Morgan fingerprint density at radius 2 is 1.54 bits per heavy atom. The first kappa shape index (κ1) is 18.1. The minimum absolute atomic E-state index is 0.00706. The molecule has 0 saturated heterocycles. The summed E-state index contributed by atoms with van der Waals surface area (Å²) in [5.41, 5.74) is 6.21. The molecule has 0 aliphatic heterocycles. The highest BCUT2D eigenvalue weighted by Gasteiger charge is 2.15. The van der Waals surface area contributed by atoms with Crippen molar-refractivity contribution in [2.24, 2.45) is 0 Å². The summed E-state index contributed by atoms with van der Waals surface area (Å²) in [6.07, 6.45) is 0. The number of carbonyl (C=O) groups is 2. The van der Waals surface area contributed by atoms with Crippen LogP contribution in [0, 0.1) is 5.82 Å². The Hall–Kier alpha value is -2.21. The van der Waals surface area contributed by atoms with Gasteiger partial charge in [0, 0.05) is 10.0 Å². The van der Waals surface area contributed by atoms with E-state index in [4.69, 9.17) is 0 Å². The fraction of sp³-hybridized carbons (Fsp3) is 0.222. The van der Waals surface area contributed by atoms with E-state index in [0.717, 1.165) is 11.6 Å². The van der Waals surface area contributed by atoms with Gasteiger partial charge in [0.2, 0.25) is 0 Å². The lowest BCUT2D eigenvalue weighted by Crippen LogP contribution is -2.41. The molecule has 0 fully saturated rings. The second-order valence-corrected chi connectivity index (χ2v) is 7.21. The SMILES string of the molecule is CC(C)(C)c1ccc(C(=O)NNC(=O)c2cc(F)ccc2Br)cc1. The van der Waals surface area contributed by atoms with Gasteiger partial charge >= 0.3 is 0 Å². The summed E-state index contributed by atoms with van der Waals surface area (Å²) in [7, 11) is 0. The van der Waals surface area contributed by atoms with Gasteiger partial charge in [-0.3, -0.25) is 20.4 Å². The summed E-state index contributed by atoms with van der Waals surface area (Å²) in [4.78, 5) is 24.1. The molecule has 0 aliphatic carbocycles. The Bertz CT molecular complexity index is 768. The van der Waals surface area contributed by atoms with Crippen molar-refractivity contribution in [1.29, 1.82) is 0 Å². The minimum atomic E-state index is -0.610. The Balaban J connectivity index is 2.02. The van der Waals surface area contributed by atoms with Crippen molar-refractivity contribution in [2.75, 3.05) is 0 Å². The maximum Gasteiger partial charge on any atom is 0.270 e. The third-order valence-corrected chi connectivity index (χ3v) is 4.17. The van der Waals surface area contributed by atoms with Gasteiger partial charge in [0.25, 0.3) is 11.8 Å². The Morgan fingerprint density at radius 3 is 2.12 bits per heavy atom. The average molecular weight is 393 g/mol. The van der Waals surface area contributed by atoms with Crippen molar-refractivity contribution in [3.8, 4) is 0 Å². The number of rotatable bonds is 2. The summed E-state index contributed by atoms with van der Waals surface area (Å²) in [5, 5.41) is 0. The maximum absolute atomic E-state index is 13.2. The lowest BCUT2D eigenvalue weighted by atomic mass is 9.87. The fourth-order valence-electron chi connectivity index (χ4n) is 2.05. The van der Waals surface area contributed by atoms with E-state index in [2.05, 4.69) is 47.6 Å². The van der Waals surface area contributed by atoms with Crippen LogP contribution in [0.2, 0.25) is 0 Å². The molecule has 2 rings (SSSR count). The Morgan fingerprint density at radius 1 is 0.958 bits per heavy atom. The van der Waals surface area contributed by atoms with Crippen LogP contribution >= 0.6 is 15.9 Å². The van der Waals surface area contributed by atoms with E-state index in [1.807, 2.05) is 12.1 Å². The normalized spacial score (nSPS) is 11.0. The number of benzene rings is 2. The lowest BCUT2D eigenvalue weighted by Gasteiger charge is -2.19. The van der Waals surface area contributed by atoms with Gasteiger partial charge in [-0.1, -0.05) is 32.9 Å². The first-order chi connectivity index (χ1) is 11.2. The van der Waals surface area contributed by atoms with Gasteiger partial charge in [0.15, 0.2) is 0 Å². The van der Waals surface area contributed by atoms with Crippen LogP contribution in [-0.4, -0.2) is 11.8 Å². The first-order valence-electron chi connectivity index (χ1n) is 7.35. The molecule has 0 unspecified atom stereocenters. The second-order valence-electron chi connectivity index (χ2n) is 6.36. The van der Waals surface area contributed by atoms with Crippen molar-refractivity contribution in [3.63, 3.8) is 0 Å². The molecule has 0 radical (unpaired) electrons. The zero-order valence-corrected chi connectivity index (χ0v) is 15.2. The molecular formula is C18H18BrFN2O2. The van der Waals surface area contributed by atoms with Crippen LogP contribution in [-0.2, 0) is 5.41 Å². The van der Waals surface area contributed by atoms with Crippen LogP contribution in [0.25, 0.3) is 0 Å². The molecule has 2 aromatic rings. The first-order valence-corrected chi connectivity index (χ1v) is 8.14. The number of nitrogens with one attached hydrogen (secondary N) is 2. The predicted octanol–water partition coefficient (Wildman–Crippen LogP) is 3.96. The van der Waals surface area contributed by atoms with Crippen molar-refractivity contribution < 1.29 is 14.0 Å². The van der Waals surface area contributed by atoms with Crippen molar-refractivity contribution >= 4 is 27.7 Å². The quantitative estimate of drug-likeness (QED) is 0.759. The molecule has 0 heterocycles. The monoisotopic (exact) mass is 392 g/mol. The van der Waals surface area contributed by atoms with Gasteiger partial charge in [0.1, 0.15) is 5.82 Å². The third kappa shape index (κ3) is 4.41. The van der Waals surface area contributed by atoms with Crippen LogP contribution in [0.3, 0.4) is 0 Å². The predicted molar refractivity (Wildman–Crippen MR) is 94.2 cm³/mol. The maximum atomic E-state index is 13.2. The van der Waals surface area contributed by atoms with E-state index in [0.29, 0.717) is 10.0 Å². The van der Waals surface area contributed by atoms with Gasteiger partial charge in [-0.2, -0.15) is 0 Å². The smallest absolute Gasteiger partial charge is 0.267 e. The second kappa shape index (κ2) is 7.13. The highest BCUT2D eigenvalue weighted by atomic mass is 79.9. The van der Waals surface area contributed by atoms with Crippen molar-refractivity contribution in [1.82, 2.24) is 10.9 Å². The molecule has 2 N–H and O–H groups in total. The number of carbonyl (C=O) groups excluding carboxylic acids is 2. The molecule has 0 aromatic heterocycles. The van der Waals surface area contributed by atoms with Gasteiger partial charge in [-0.15, -0.1) is 0 Å². The highest BCUT2D eigenvalue weighted by molar-refractivity contribution is 9.10. The van der Waals surface area contributed by atoms with Crippen molar-refractivity contribution in [2.45, 2.75) is 26.2 Å². The van der Waals surface area contributed by atoms with Gasteiger partial charge < -0.3 is 0 Å². The zero-order chi connectivity index (χ0) is 17.9.